The Kier molecular flexibility index (Phi) is 2.61. The van der Waals surface area contributed by atoms with Crippen molar-refractivity contribution in [3.05, 3.63) is 30.3 Å². The normalized spacial score (nSPS) is 20.9. The van der Waals surface area contributed by atoms with E-state index in [0.717, 1.165) is 13.1 Å². The minimum absolute atomic E-state index is 0.323. The molecule has 0 saturated carbocycles. The number of nitrogens with one attached hydrogen (secondary N) is 2. The molecule has 1 aromatic rings. The molecule has 1 aliphatic heterocycles. The molecular weight excluding hydrogens is 171 g/mol. The van der Waals surface area contributed by atoms with Crippen LogP contribution in [0.3, 0.4) is 0 Å². The first kappa shape index (κ1) is 9.75. The molecule has 0 atom stereocenters. The Labute approximate surface area is 86.2 Å². The van der Waals surface area contributed by atoms with Crippen molar-refractivity contribution in [1.82, 2.24) is 10.5 Å². The molecule has 1 fully saturated rings. The molecular formula is C11H17BN2. The predicted octanol–water partition coefficient (Wildman–Crippen LogP) is 0.601. The average molecular weight is 188 g/mol. The summed E-state index contributed by atoms with van der Waals surface area (Å²) in [5.41, 5.74) is 1.69. The Morgan fingerprint density at radius 1 is 1.07 bits per heavy atom. The van der Waals surface area contributed by atoms with Crippen molar-refractivity contribution < 1.29 is 0 Å². The smallest absolute Gasteiger partial charge is 0.337 e. The first-order valence-electron chi connectivity index (χ1n) is 5.19. The molecule has 3 heteroatoms. The molecule has 0 unspecified atom stereocenters. The zero-order chi connectivity index (χ0) is 10.0. The zero-order valence-corrected chi connectivity index (χ0v) is 8.88. The minimum Gasteiger partial charge on any atom is -0.337 e. The molecule has 0 amide bonds. The molecule has 0 spiro atoms. The summed E-state index contributed by atoms with van der Waals surface area (Å²) in [6, 6.07) is 10.5. The molecule has 0 aromatic heterocycles. The van der Waals surface area contributed by atoms with Gasteiger partial charge in [-0.05, 0) is 24.0 Å². The molecule has 1 aromatic carbocycles. The van der Waals surface area contributed by atoms with Crippen LogP contribution in [-0.2, 0) is 0 Å². The van der Waals surface area contributed by atoms with E-state index in [-0.39, 0.29) is 0 Å². The second kappa shape index (κ2) is 3.75. The number of benzene rings is 1. The molecule has 0 aliphatic carbocycles. The van der Waals surface area contributed by atoms with Crippen LogP contribution in [0, 0.1) is 5.41 Å². The van der Waals surface area contributed by atoms with Crippen LogP contribution in [-0.4, -0.2) is 20.1 Å². The molecule has 1 heterocycles. The largest absolute Gasteiger partial charge is 0.340 e. The van der Waals surface area contributed by atoms with Gasteiger partial charge >= 0.3 is 6.98 Å². The van der Waals surface area contributed by atoms with E-state index in [1.807, 2.05) is 0 Å². The average Bonchev–Trinajstić information content (AvgIpc) is 2.19. The molecule has 0 bridgehead atoms. The van der Waals surface area contributed by atoms with Crippen LogP contribution in [0.4, 0.5) is 0 Å². The van der Waals surface area contributed by atoms with Crippen LogP contribution in [0.25, 0.3) is 0 Å². The quantitative estimate of drug-likeness (QED) is 0.630. The fourth-order valence-corrected chi connectivity index (χ4v) is 1.77. The highest BCUT2D eigenvalue weighted by Gasteiger charge is 2.29. The third kappa shape index (κ3) is 2.17. The Bertz CT molecular complexity index is 287. The van der Waals surface area contributed by atoms with Crippen LogP contribution < -0.4 is 15.9 Å². The summed E-state index contributed by atoms with van der Waals surface area (Å²) < 4.78 is 0. The highest BCUT2D eigenvalue weighted by Crippen LogP contribution is 2.14. The third-order valence-corrected chi connectivity index (χ3v) is 2.70. The predicted molar refractivity (Wildman–Crippen MR) is 61.6 cm³/mol. The fourth-order valence-electron chi connectivity index (χ4n) is 1.77. The van der Waals surface area contributed by atoms with E-state index in [1.54, 1.807) is 0 Å². The van der Waals surface area contributed by atoms with Gasteiger partial charge < -0.3 is 10.5 Å². The molecule has 14 heavy (non-hydrogen) atoms. The fraction of sp³-hybridized carbons (Fsp3) is 0.455. The van der Waals surface area contributed by atoms with E-state index in [2.05, 4.69) is 54.6 Å². The van der Waals surface area contributed by atoms with E-state index >= 15 is 0 Å². The van der Waals surface area contributed by atoms with Gasteiger partial charge in [-0.1, -0.05) is 44.2 Å². The van der Waals surface area contributed by atoms with E-state index < -0.39 is 0 Å². The molecule has 2 nitrogen and oxygen atoms in total. The van der Waals surface area contributed by atoms with Gasteiger partial charge in [-0.25, -0.2) is 0 Å². The van der Waals surface area contributed by atoms with Gasteiger partial charge in [-0.15, -0.1) is 0 Å². The van der Waals surface area contributed by atoms with E-state index in [4.69, 9.17) is 0 Å². The van der Waals surface area contributed by atoms with E-state index in [0.29, 0.717) is 12.4 Å². The Hall–Kier alpha value is -0.795. The second-order valence-corrected chi connectivity index (χ2v) is 4.77. The van der Waals surface area contributed by atoms with Crippen molar-refractivity contribution in [2.45, 2.75) is 13.8 Å². The second-order valence-electron chi connectivity index (χ2n) is 4.77. The molecule has 0 radical (unpaired) electrons. The molecule has 1 saturated heterocycles. The molecule has 2 rings (SSSR count). The van der Waals surface area contributed by atoms with Crippen LogP contribution in [0.5, 0.6) is 0 Å². The van der Waals surface area contributed by atoms with E-state index in [9.17, 15) is 0 Å². The van der Waals surface area contributed by atoms with E-state index in [1.165, 1.54) is 5.46 Å². The van der Waals surface area contributed by atoms with Gasteiger partial charge in [-0.2, -0.15) is 0 Å². The molecule has 74 valence electrons. The van der Waals surface area contributed by atoms with Gasteiger partial charge in [0.05, 0.1) is 0 Å². The van der Waals surface area contributed by atoms with Gasteiger partial charge in [0, 0.05) is 0 Å². The maximum Gasteiger partial charge on any atom is 0.340 e. The summed E-state index contributed by atoms with van der Waals surface area (Å²) in [6.07, 6.45) is 0. The first-order chi connectivity index (χ1) is 6.67. The van der Waals surface area contributed by atoms with Crippen molar-refractivity contribution >= 4 is 12.4 Å². The van der Waals surface area contributed by atoms with Crippen molar-refractivity contribution in [1.29, 1.82) is 0 Å². The van der Waals surface area contributed by atoms with Gasteiger partial charge in [0.2, 0.25) is 0 Å². The van der Waals surface area contributed by atoms with Gasteiger partial charge in [-0.3, -0.25) is 0 Å². The number of hydrogen-bond donors (Lipinski definition) is 2. The summed E-state index contributed by atoms with van der Waals surface area (Å²) in [5.74, 6) is 0. The number of hydrogen-bond acceptors (Lipinski definition) is 2. The summed E-state index contributed by atoms with van der Waals surface area (Å²) >= 11 is 0. The first-order valence-corrected chi connectivity index (χ1v) is 5.19. The molecule has 1 aliphatic rings. The van der Waals surface area contributed by atoms with Gasteiger partial charge in [0.15, 0.2) is 0 Å². The van der Waals surface area contributed by atoms with Gasteiger partial charge in [0.1, 0.15) is 0 Å². The standard InChI is InChI=1S/C11H17BN2/c1-11(2)8-13-12(14-9-11)10-6-4-3-5-7-10/h3-7,13-14H,8-9H2,1-2H3. The summed E-state index contributed by atoms with van der Waals surface area (Å²) in [6.45, 7) is 7.01. The highest BCUT2D eigenvalue weighted by molar-refractivity contribution is 6.68. The van der Waals surface area contributed by atoms with Crippen LogP contribution >= 0.6 is 0 Å². The minimum atomic E-state index is 0.323. The lowest BCUT2D eigenvalue weighted by Crippen LogP contribution is -2.65. The Balaban J connectivity index is 2.03. The summed E-state index contributed by atoms with van der Waals surface area (Å²) in [4.78, 5) is 0. The molecule has 2 N–H and O–H groups in total. The maximum absolute atomic E-state index is 3.51. The monoisotopic (exact) mass is 188 g/mol. The van der Waals surface area contributed by atoms with Crippen molar-refractivity contribution in [3.63, 3.8) is 0 Å². The van der Waals surface area contributed by atoms with Gasteiger partial charge in [0.25, 0.3) is 0 Å². The summed E-state index contributed by atoms with van der Waals surface area (Å²) in [7, 11) is 0. The topological polar surface area (TPSA) is 24.1 Å². The van der Waals surface area contributed by atoms with Crippen LogP contribution in [0.2, 0.25) is 0 Å². The lowest BCUT2D eigenvalue weighted by atomic mass is 9.64. The van der Waals surface area contributed by atoms with Crippen LogP contribution in [0.15, 0.2) is 30.3 Å². The maximum atomic E-state index is 3.51. The number of rotatable bonds is 1. The Morgan fingerprint density at radius 3 is 2.21 bits per heavy atom. The van der Waals surface area contributed by atoms with Crippen molar-refractivity contribution in [2.75, 3.05) is 13.1 Å². The lowest BCUT2D eigenvalue weighted by molar-refractivity contribution is 0.343. The highest BCUT2D eigenvalue weighted by atomic mass is 15.0. The Morgan fingerprint density at radius 2 is 1.64 bits per heavy atom. The lowest BCUT2D eigenvalue weighted by Gasteiger charge is -2.34. The summed E-state index contributed by atoms with van der Waals surface area (Å²) in [5, 5.41) is 7.03. The van der Waals surface area contributed by atoms with Crippen molar-refractivity contribution in [2.24, 2.45) is 5.41 Å². The SMILES string of the molecule is CC1(C)CNB(c2ccccc2)NC1. The zero-order valence-electron chi connectivity index (χ0n) is 8.88. The van der Waals surface area contributed by atoms with Crippen molar-refractivity contribution in [3.8, 4) is 0 Å². The van der Waals surface area contributed by atoms with Crippen LogP contribution in [0.1, 0.15) is 13.8 Å². The third-order valence-electron chi connectivity index (χ3n) is 2.70.